The van der Waals surface area contributed by atoms with Gasteiger partial charge in [0.25, 0.3) is 0 Å². The van der Waals surface area contributed by atoms with Crippen molar-refractivity contribution in [3.63, 3.8) is 0 Å². The van der Waals surface area contributed by atoms with Crippen LogP contribution in [0, 0.1) is 0 Å². The zero-order valence-corrected chi connectivity index (χ0v) is 49.5. The van der Waals surface area contributed by atoms with E-state index in [1.54, 1.807) is 0 Å². The molecule has 0 rings (SSSR count). The summed E-state index contributed by atoms with van der Waals surface area (Å²) in [6.07, 6.45) is 87.5. The molecule has 77 heavy (non-hydrogen) atoms. The first kappa shape index (κ1) is 72.9. The zero-order valence-electron chi connectivity index (χ0n) is 48.6. The summed E-state index contributed by atoms with van der Waals surface area (Å²) in [4.78, 5) is 35.3. The number of unbranched alkanes of at least 4 members (excludes halogenated alkanes) is 18. The Balaban J connectivity index is 4.03. The van der Waals surface area contributed by atoms with E-state index in [2.05, 4.69) is 160 Å². The van der Waals surface area contributed by atoms with Crippen LogP contribution in [0.3, 0.4) is 0 Å². The maximum Gasteiger partial charge on any atom is 0.472 e. The number of allylic oxidation sites excluding steroid dienone is 24. The molecule has 0 radical (unpaired) electrons. The Hall–Kier alpha value is -4.11. The van der Waals surface area contributed by atoms with Crippen molar-refractivity contribution in [2.75, 3.05) is 26.4 Å². The highest BCUT2D eigenvalue weighted by Crippen LogP contribution is 2.43. The molecule has 3 N–H and O–H groups in total. The van der Waals surface area contributed by atoms with E-state index in [1.165, 1.54) is 57.8 Å². The van der Waals surface area contributed by atoms with Gasteiger partial charge in [-0.2, -0.15) is 0 Å². The molecular formula is C67H110NO8P. The number of ether oxygens (including phenoxy) is 2. The van der Waals surface area contributed by atoms with Crippen LogP contribution in [-0.2, 0) is 32.7 Å². The van der Waals surface area contributed by atoms with Crippen LogP contribution in [-0.4, -0.2) is 49.3 Å². The van der Waals surface area contributed by atoms with Crippen molar-refractivity contribution >= 4 is 19.8 Å². The highest BCUT2D eigenvalue weighted by Gasteiger charge is 2.26. The van der Waals surface area contributed by atoms with Crippen molar-refractivity contribution in [1.82, 2.24) is 0 Å². The number of nitrogens with two attached hydrogens (primary N) is 1. The van der Waals surface area contributed by atoms with Gasteiger partial charge in [-0.15, -0.1) is 0 Å². The Labute approximate surface area is 471 Å². The average molecular weight is 1090 g/mol. The molecule has 0 aliphatic heterocycles. The summed E-state index contributed by atoms with van der Waals surface area (Å²) in [6, 6.07) is 0. The van der Waals surface area contributed by atoms with Crippen LogP contribution in [0.2, 0.25) is 0 Å². The van der Waals surface area contributed by atoms with E-state index in [4.69, 9.17) is 24.3 Å². The van der Waals surface area contributed by atoms with Crippen LogP contribution < -0.4 is 5.73 Å². The molecule has 0 spiro atoms. The van der Waals surface area contributed by atoms with Gasteiger partial charge in [0.2, 0.25) is 0 Å². The van der Waals surface area contributed by atoms with Gasteiger partial charge in [-0.3, -0.25) is 18.6 Å². The lowest BCUT2D eigenvalue weighted by atomic mass is 10.0. The fraction of sp³-hybridized carbons (Fsp3) is 0.612. The maximum atomic E-state index is 12.7. The van der Waals surface area contributed by atoms with E-state index in [-0.39, 0.29) is 32.6 Å². The van der Waals surface area contributed by atoms with Crippen molar-refractivity contribution < 1.29 is 37.6 Å². The topological polar surface area (TPSA) is 134 Å². The number of phosphoric acid groups is 1. The summed E-state index contributed by atoms with van der Waals surface area (Å²) in [6.45, 7) is 3.49. The lowest BCUT2D eigenvalue weighted by Crippen LogP contribution is -2.29. The molecule has 0 aromatic rings. The number of hydrogen-bond acceptors (Lipinski definition) is 8. The van der Waals surface area contributed by atoms with Crippen LogP contribution in [0.1, 0.15) is 232 Å². The smallest absolute Gasteiger partial charge is 0.462 e. The van der Waals surface area contributed by atoms with Gasteiger partial charge in [0.15, 0.2) is 6.10 Å². The third-order valence-electron chi connectivity index (χ3n) is 12.2. The normalized spacial score (nSPS) is 14.1. The highest BCUT2D eigenvalue weighted by atomic mass is 31.2. The van der Waals surface area contributed by atoms with Gasteiger partial charge in [-0.1, -0.05) is 250 Å². The van der Waals surface area contributed by atoms with Crippen molar-refractivity contribution in [1.29, 1.82) is 0 Å². The van der Waals surface area contributed by atoms with Crippen molar-refractivity contribution in [2.45, 2.75) is 238 Å². The predicted molar refractivity (Wildman–Crippen MR) is 330 cm³/mol. The number of phosphoric ester groups is 1. The first-order valence-corrected chi connectivity index (χ1v) is 31.8. The molecule has 0 aliphatic carbocycles. The lowest BCUT2D eigenvalue weighted by Gasteiger charge is -2.19. The zero-order chi connectivity index (χ0) is 55.9. The second kappa shape index (κ2) is 61.1. The molecule has 0 aliphatic rings. The van der Waals surface area contributed by atoms with Crippen molar-refractivity contribution in [3.05, 3.63) is 146 Å². The van der Waals surface area contributed by atoms with Crippen molar-refractivity contribution in [2.24, 2.45) is 5.73 Å². The largest absolute Gasteiger partial charge is 0.472 e. The number of rotatable bonds is 55. The van der Waals surface area contributed by atoms with Crippen LogP contribution >= 0.6 is 7.82 Å². The molecule has 2 unspecified atom stereocenters. The Morgan fingerprint density at radius 2 is 0.675 bits per heavy atom. The predicted octanol–water partition coefficient (Wildman–Crippen LogP) is 19.5. The summed E-state index contributed by atoms with van der Waals surface area (Å²) in [5.41, 5.74) is 5.39. The van der Waals surface area contributed by atoms with Gasteiger partial charge in [-0.25, -0.2) is 4.57 Å². The highest BCUT2D eigenvalue weighted by molar-refractivity contribution is 7.47. The summed E-state index contributed by atoms with van der Waals surface area (Å²) in [7, 11) is -4.40. The standard InChI is InChI=1S/C67H110NO8P/c1-3-5-7-9-11-13-15-17-19-21-23-25-27-29-30-31-32-33-34-36-38-40-42-44-46-48-50-52-54-56-58-60-67(70)76-65(64-75-77(71,72)74-62-61-68)63-73-66(69)59-57-55-53-51-49-47-45-43-41-39-37-35-28-26-24-22-20-18-16-14-12-10-8-6-4-2/h5-8,11-14,17-20,23-26,29-30,32-33,35,37,41,43,65H,3-4,9-10,15-16,21-22,27-28,31,34,36,38-40,42,44-64,68H2,1-2H3,(H,71,72)/b7-5-,8-6-,13-11-,14-12-,19-17-,20-18-,25-23-,26-24-,30-29-,33-32-,37-35-,43-41-. The Morgan fingerprint density at radius 1 is 0.390 bits per heavy atom. The summed E-state index contributed by atoms with van der Waals surface area (Å²) < 4.78 is 33.1. The number of hydrogen-bond donors (Lipinski definition) is 2. The molecule has 2 atom stereocenters. The monoisotopic (exact) mass is 1090 g/mol. The SMILES string of the molecule is CC/C=C\C/C=C\C/C=C\C/C=C\C/C=C\C/C=C\CCCCCCCCCCCCCCC(=O)OC(COC(=O)CCCCCCCC/C=C\C/C=C\C/C=C\C/C=C\C/C=C\C/C=C\CC)COP(=O)(O)OCCN. The molecule has 0 saturated heterocycles. The minimum Gasteiger partial charge on any atom is -0.462 e. The quantitative estimate of drug-likeness (QED) is 0.0264. The van der Waals surface area contributed by atoms with E-state index in [1.807, 2.05) is 0 Å². The summed E-state index contributed by atoms with van der Waals surface area (Å²) in [5.74, 6) is -0.855. The molecule has 436 valence electrons. The van der Waals surface area contributed by atoms with Gasteiger partial charge < -0.3 is 20.1 Å². The van der Waals surface area contributed by atoms with Gasteiger partial charge >= 0.3 is 19.8 Å². The van der Waals surface area contributed by atoms with Gasteiger partial charge in [0, 0.05) is 19.4 Å². The fourth-order valence-electron chi connectivity index (χ4n) is 7.82. The fourth-order valence-corrected chi connectivity index (χ4v) is 8.58. The van der Waals surface area contributed by atoms with E-state index in [0.29, 0.717) is 12.8 Å². The molecule has 0 heterocycles. The Kier molecular flexibility index (Phi) is 57.8. The van der Waals surface area contributed by atoms with Crippen LogP contribution in [0.5, 0.6) is 0 Å². The third kappa shape index (κ3) is 61.0. The second-order valence-corrected chi connectivity index (χ2v) is 20.9. The Bertz CT molecular complexity index is 1770. The lowest BCUT2D eigenvalue weighted by molar-refractivity contribution is -0.161. The molecule has 9 nitrogen and oxygen atoms in total. The molecule has 0 aromatic heterocycles. The average Bonchev–Trinajstić information content (AvgIpc) is 3.42. The molecule has 0 saturated carbocycles. The van der Waals surface area contributed by atoms with Crippen LogP contribution in [0.4, 0.5) is 0 Å². The maximum absolute atomic E-state index is 12.7. The Morgan fingerprint density at radius 3 is 1.00 bits per heavy atom. The molecule has 0 amide bonds. The first-order valence-electron chi connectivity index (χ1n) is 30.3. The minimum atomic E-state index is -4.40. The van der Waals surface area contributed by atoms with E-state index in [0.717, 1.165) is 135 Å². The number of esters is 2. The van der Waals surface area contributed by atoms with E-state index < -0.39 is 32.5 Å². The molecule has 10 heteroatoms. The number of carbonyl (C=O) groups excluding carboxylic acids is 2. The van der Waals surface area contributed by atoms with E-state index in [9.17, 15) is 19.0 Å². The van der Waals surface area contributed by atoms with Crippen molar-refractivity contribution in [3.8, 4) is 0 Å². The minimum absolute atomic E-state index is 0.0432. The first-order chi connectivity index (χ1) is 37.8. The molecule has 0 aromatic carbocycles. The molecule has 0 bridgehead atoms. The second-order valence-electron chi connectivity index (χ2n) is 19.5. The third-order valence-corrected chi connectivity index (χ3v) is 13.2. The van der Waals surface area contributed by atoms with Gasteiger partial charge in [0.05, 0.1) is 13.2 Å². The van der Waals surface area contributed by atoms with Crippen LogP contribution in [0.25, 0.3) is 0 Å². The molecular weight excluding hydrogens is 978 g/mol. The van der Waals surface area contributed by atoms with Gasteiger partial charge in [0.1, 0.15) is 6.61 Å². The molecule has 0 fully saturated rings. The summed E-state index contributed by atoms with van der Waals surface area (Å²) >= 11 is 0. The van der Waals surface area contributed by atoms with E-state index >= 15 is 0 Å². The van der Waals surface area contributed by atoms with Crippen LogP contribution in [0.15, 0.2) is 146 Å². The van der Waals surface area contributed by atoms with Gasteiger partial charge in [-0.05, 0) is 116 Å². The number of carbonyl (C=O) groups is 2. The summed E-state index contributed by atoms with van der Waals surface area (Å²) in [5, 5.41) is 0.